The first-order valence-electron chi connectivity index (χ1n) is 7.03. The van der Waals surface area contributed by atoms with Crippen molar-refractivity contribution >= 4 is 22.7 Å². The molecule has 2 aromatic heterocycles. The van der Waals surface area contributed by atoms with E-state index in [-0.39, 0.29) is 6.61 Å². The molecule has 3 heterocycles. The van der Waals surface area contributed by atoms with Crippen molar-refractivity contribution in [3.8, 4) is 0 Å². The van der Waals surface area contributed by atoms with Crippen LogP contribution >= 0.6 is 0 Å². The lowest BCUT2D eigenvalue weighted by Gasteiger charge is -2.32. The number of nitrogen functional groups attached to an aromatic ring is 1. The Kier molecular flexibility index (Phi) is 3.43. The van der Waals surface area contributed by atoms with Crippen LogP contribution in [0.3, 0.4) is 0 Å². The molecule has 1 aliphatic rings. The fourth-order valence-corrected chi connectivity index (χ4v) is 2.89. The highest BCUT2D eigenvalue weighted by Gasteiger charge is 2.22. The largest absolute Gasteiger partial charge is 0.394 e. The summed E-state index contributed by atoms with van der Waals surface area (Å²) in [6.45, 7) is 4.62. The maximum atomic E-state index is 9.09. The third-order valence-electron chi connectivity index (χ3n) is 3.80. The van der Waals surface area contributed by atoms with Gasteiger partial charge in [0, 0.05) is 13.1 Å². The number of anilines is 2. The Labute approximate surface area is 117 Å². The van der Waals surface area contributed by atoms with Gasteiger partial charge in [0.2, 0.25) is 0 Å². The van der Waals surface area contributed by atoms with Crippen molar-refractivity contribution in [1.29, 1.82) is 0 Å². The number of hydrogen-bond donors (Lipinski definition) is 2. The van der Waals surface area contributed by atoms with Crippen molar-refractivity contribution < 1.29 is 5.11 Å². The Morgan fingerprint density at radius 3 is 3.05 bits per heavy atom. The van der Waals surface area contributed by atoms with Crippen molar-refractivity contribution in [2.45, 2.75) is 26.3 Å². The number of hydrogen-bond acceptors (Lipinski definition) is 6. The summed E-state index contributed by atoms with van der Waals surface area (Å²) in [5, 5.41) is 14.1. The molecule has 0 aromatic carbocycles. The molecule has 1 saturated heterocycles. The van der Waals surface area contributed by atoms with Gasteiger partial charge in [0.1, 0.15) is 17.5 Å². The number of aromatic nitrogens is 4. The van der Waals surface area contributed by atoms with E-state index in [1.54, 1.807) is 11.0 Å². The number of aliphatic hydroxyl groups excluding tert-OH is 1. The number of rotatable bonds is 3. The average molecular weight is 276 g/mol. The molecule has 108 valence electrons. The molecule has 3 rings (SSSR count). The van der Waals surface area contributed by atoms with Crippen LogP contribution in [0.1, 0.15) is 19.8 Å². The number of piperidine rings is 1. The summed E-state index contributed by atoms with van der Waals surface area (Å²) < 4.78 is 1.64. The molecule has 1 unspecified atom stereocenters. The molecule has 2 aromatic rings. The molecule has 0 radical (unpaired) electrons. The Hall–Kier alpha value is -1.89. The predicted molar refractivity (Wildman–Crippen MR) is 77.4 cm³/mol. The van der Waals surface area contributed by atoms with Crippen LogP contribution < -0.4 is 10.6 Å². The summed E-state index contributed by atoms with van der Waals surface area (Å²) in [6.07, 6.45) is 3.97. The van der Waals surface area contributed by atoms with E-state index in [1.165, 1.54) is 6.42 Å². The quantitative estimate of drug-likeness (QED) is 0.854. The number of nitrogens with zero attached hydrogens (tertiary/aromatic N) is 5. The SMILES string of the molecule is CC1CCCN(c2ncnc3c2c(N)nn3CCO)C1. The van der Waals surface area contributed by atoms with Crippen molar-refractivity contribution in [3.63, 3.8) is 0 Å². The Morgan fingerprint density at radius 1 is 1.45 bits per heavy atom. The molecule has 0 bridgehead atoms. The monoisotopic (exact) mass is 276 g/mol. The van der Waals surface area contributed by atoms with Gasteiger partial charge in [0.05, 0.1) is 13.2 Å². The predicted octanol–water partition coefficient (Wildman–Crippen LogP) is 0.637. The summed E-state index contributed by atoms with van der Waals surface area (Å²) in [5.41, 5.74) is 6.72. The second-order valence-corrected chi connectivity index (χ2v) is 5.42. The van der Waals surface area contributed by atoms with Gasteiger partial charge in [-0.1, -0.05) is 6.92 Å². The Bertz CT molecular complexity index is 610. The molecular formula is C13H20N6O. The van der Waals surface area contributed by atoms with Crippen LogP contribution in [0.5, 0.6) is 0 Å². The van der Waals surface area contributed by atoms with Crippen molar-refractivity contribution in [2.75, 3.05) is 30.3 Å². The molecule has 3 N–H and O–H groups in total. The fourth-order valence-electron chi connectivity index (χ4n) is 2.89. The molecule has 7 nitrogen and oxygen atoms in total. The molecule has 7 heteroatoms. The van der Waals surface area contributed by atoms with Crippen molar-refractivity contribution in [1.82, 2.24) is 19.7 Å². The van der Waals surface area contributed by atoms with Gasteiger partial charge in [-0.25, -0.2) is 14.6 Å². The van der Waals surface area contributed by atoms with Crippen LogP contribution in [0, 0.1) is 5.92 Å². The zero-order valence-electron chi connectivity index (χ0n) is 11.7. The molecule has 1 fully saturated rings. The van der Waals surface area contributed by atoms with Crippen LogP contribution in [0.25, 0.3) is 11.0 Å². The highest BCUT2D eigenvalue weighted by molar-refractivity contribution is 5.96. The summed E-state index contributed by atoms with van der Waals surface area (Å²) in [5.74, 6) is 1.95. The molecule has 1 aliphatic heterocycles. The molecule has 20 heavy (non-hydrogen) atoms. The van der Waals surface area contributed by atoms with Crippen LogP contribution in [0.2, 0.25) is 0 Å². The zero-order chi connectivity index (χ0) is 14.1. The molecule has 1 atom stereocenters. The number of nitrogens with two attached hydrogens (primary N) is 1. The number of aliphatic hydroxyl groups is 1. The summed E-state index contributed by atoms with van der Waals surface area (Å²) in [7, 11) is 0. The van der Waals surface area contributed by atoms with Crippen LogP contribution in [-0.2, 0) is 6.54 Å². The fraction of sp³-hybridized carbons (Fsp3) is 0.615. The zero-order valence-corrected chi connectivity index (χ0v) is 11.7. The van der Waals surface area contributed by atoms with Crippen molar-refractivity contribution in [2.24, 2.45) is 5.92 Å². The molecule has 0 amide bonds. The average Bonchev–Trinajstić information content (AvgIpc) is 2.76. The van der Waals surface area contributed by atoms with Gasteiger partial charge >= 0.3 is 0 Å². The van der Waals surface area contributed by atoms with Gasteiger partial charge in [-0.3, -0.25) is 0 Å². The van der Waals surface area contributed by atoms with E-state index >= 15 is 0 Å². The topological polar surface area (TPSA) is 93.1 Å². The third-order valence-corrected chi connectivity index (χ3v) is 3.80. The maximum absolute atomic E-state index is 9.09. The van der Waals surface area contributed by atoms with E-state index in [2.05, 4.69) is 26.9 Å². The lowest BCUT2D eigenvalue weighted by atomic mass is 10.0. The first-order chi connectivity index (χ1) is 9.70. The first-order valence-corrected chi connectivity index (χ1v) is 7.03. The normalized spacial score (nSPS) is 19.7. The van der Waals surface area contributed by atoms with Crippen LogP contribution in [-0.4, -0.2) is 44.6 Å². The maximum Gasteiger partial charge on any atom is 0.165 e. The van der Waals surface area contributed by atoms with E-state index < -0.39 is 0 Å². The van der Waals surface area contributed by atoms with Gasteiger partial charge in [0.25, 0.3) is 0 Å². The number of fused-ring (bicyclic) bond motifs is 1. The second-order valence-electron chi connectivity index (χ2n) is 5.42. The summed E-state index contributed by atoms with van der Waals surface area (Å²) in [4.78, 5) is 10.9. The van der Waals surface area contributed by atoms with Crippen LogP contribution in [0.15, 0.2) is 6.33 Å². The minimum atomic E-state index is 0.0102. The van der Waals surface area contributed by atoms with E-state index in [9.17, 15) is 0 Å². The summed E-state index contributed by atoms with van der Waals surface area (Å²) >= 11 is 0. The third kappa shape index (κ3) is 2.18. The van der Waals surface area contributed by atoms with Gasteiger partial charge < -0.3 is 15.7 Å². The lowest BCUT2D eigenvalue weighted by molar-refractivity contribution is 0.271. The lowest BCUT2D eigenvalue weighted by Crippen LogP contribution is -2.35. The van der Waals surface area contributed by atoms with E-state index in [0.717, 1.165) is 30.7 Å². The smallest absolute Gasteiger partial charge is 0.165 e. The van der Waals surface area contributed by atoms with Crippen molar-refractivity contribution in [3.05, 3.63) is 6.33 Å². The van der Waals surface area contributed by atoms with Crippen LogP contribution in [0.4, 0.5) is 11.6 Å². The summed E-state index contributed by atoms with van der Waals surface area (Å²) in [6, 6.07) is 0. The highest BCUT2D eigenvalue weighted by Crippen LogP contribution is 2.30. The Balaban J connectivity index is 2.07. The highest BCUT2D eigenvalue weighted by atomic mass is 16.3. The molecular weight excluding hydrogens is 256 g/mol. The van der Waals surface area contributed by atoms with Gasteiger partial charge in [-0.2, -0.15) is 5.10 Å². The molecule has 0 saturated carbocycles. The minimum Gasteiger partial charge on any atom is -0.394 e. The molecule has 0 aliphatic carbocycles. The molecule has 0 spiro atoms. The Morgan fingerprint density at radius 2 is 2.30 bits per heavy atom. The van der Waals surface area contributed by atoms with E-state index in [1.807, 2.05) is 0 Å². The van der Waals surface area contributed by atoms with Gasteiger partial charge in [-0.15, -0.1) is 0 Å². The van der Waals surface area contributed by atoms with Gasteiger partial charge in [0.15, 0.2) is 11.5 Å². The second kappa shape index (κ2) is 5.24. The first kappa shape index (κ1) is 13.1. The minimum absolute atomic E-state index is 0.0102. The van der Waals surface area contributed by atoms with E-state index in [4.69, 9.17) is 10.8 Å². The van der Waals surface area contributed by atoms with E-state index in [0.29, 0.717) is 23.9 Å². The van der Waals surface area contributed by atoms with Gasteiger partial charge in [-0.05, 0) is 18.8 Å². The standard InChI is InChI=1S/C13H20N6O/c1-9-3-2-4-18(7-9)12-10-11(14)17-19(5-6-20)13(10)16-8-15-12/h8-9,20H,2-7H2,1H3,(H2,14,17).